The molecule has 1 atom stereocenters. The minimum absolute atomic E-state index is 0.0853. The Morgan fingerprint density at radius 2 is 1.15 bits per heavy atom. The summed E-state index contributed by atoms with van der Waals surface area (Å²) >= 11 is 0. The smallest absolute Gasteiger partial charge is 0.131 e. The van der Waals surface area contributed by atoms with Crippen LogP contribution in [0.1, 0.15) is 90.9 Å². The molecular weight excluding hydrogens is 480 g/mol. The van der Waals surface area contributed by atoms with Crippen LogP contribution in [0.2, 0.25) is 0 Å². The summed E-state index contributed by atoms with van der Waals surface area (Å²) in [6.07, 6.45) is 14.8. The molecule has 3 aromatic carbocycles. The molecule has 3 heteroatoms. The third-order valence-electron chi connectivity index (χ3n) is 7.26. The molecule has 0 aromatic heterocycles. The molecule has 0 N–H and O–H groups in total. The summed E-state index contributed by atoms with van der Waals surface area (Å²) in [6.45, 7) is 9.55. The molecular formula is C36H49O3. The van der Waals surface area contributed by atoms with E-state index in [0.717, 1.165) is 54.2 Å². The third-order valence-corrected chi connectivity index (χ3v) is 7.26. The zero-order valence-electron chi connectivity index (χ0n) is 24.6. The normalized spacial score (nSPS) is 11.8. The molecule has 0 fully saturated rings. The van der Waals surface area contributed by atoms with E-state index in [2.05, 4.69) is 75.4 Å². The van der Waals surface area contributed by atoms with Gasteiger partial charge in [0.2, 0.25) is 0 Å². The van der Waals surface area contributed by atoms with Gasteiger partial charge in [-0.15, -0.1) is 0 Å². The van der Waals surface area contributed by atoms with E-state index in [1.165, 1.54) is 68.9 Å². The van der Waals surface area contributed by atoms with Crippen molar-refractivity contribution in [3.63, 3.8) is 0 Å². The average molecular weight is 530 g/mol. The van der Waals surface area contributed by atoms with E-state index in [9.17, 15) is 0 Å². The van der Waals surface area contributed by atoms with Crippen molar-refractivity contribution in [2.45, 2.75) is 97.0 Å². The van der Waals surface area contributed by atoms with Gasteiger partial charge < -0.3 is 14.2 Å². The van der Waals surface area contributed by atoms with Crippen molar-refractivity contribution in [1.82, 2.24) is 0 Å². The standard InChI is InChI=1S/C36H49O3/c1-5-7-9-10-11-12-13-14-16-29(3)39-36-28-34(37-4)25-26-35(36)32-19-17-30(18-20-32)31-21-23-33(24-22-31)38-27-15-8-6-2/h17-26,28-29H,3,5-16,27H2,1-2,4H3. The second-order valence-corrected chi connectivity index (χ2v) is 10.5. The van der Waals surface area contributed by atoms with Crippen LogP contribution < -0.4 is 14.2 Å². The first-order valence-corrected chi connectivity index (χ1v) is 15.2. The van der Waals surface area contributed by atoms with Gasteiger partial charge in [-0.2, -0.15) is 0 Å². The van der Waals surface area contributed by atoms with Crippen LogP contribution in [-0.2, 0) is 0 Å². The Balaban J connectivity index is 1.58. The van der Waals surface area contributed by atoms with Gasteiger partial charge in [0.1, 0.15) is 17.2 Å². The molecule has 0 bridgehead atoms. The molecule has 0 aliphatic heterocycles. The second kappa shape index (κ2) is 17.6. The molecule has 0 spiro atoms. The van der Waals surface area contributed by atoms with Crippen molar-refractivity contribution in [1.29, 1.82) is 0 Å². The Bertz CT molecular complexity index is 1060. The van der Waals surface area contributed by atoms with Gasteiger partial charge in [-0.25, -0.2) is 0 Å². The van der Waals surface area contributed by atoms with Crippen LogP contribution in [-0.4, -0.2) is 19.8 Å². The second-order valence-electron chi connectivity index (χ2n) is 10.5. The maximum absolute atomic E-state index is 6.37. The van der Waals surface area contributed by atoms with Crippen molar-refractivity contribution in [3.8, 4) is 39.5 Å². The average Bonchev–Trinajstić information content (AvgIpc) is 2.97. The molecule has 211 valence electrons. The summed E-state index contributed by atoms with van der Waals surface area (Å²) in [5.74, 6) is 2.55. The van der Waals surface area contributed by atoms with Crippen molar-refractivity contribution in [3.05, 3.63) is 73.7 Å². The number of methoxy groups -OCH3 is 1. The molecule has 0 heterocycles. The van der Waals surface area contributed by atoms with Crippen LogP contribution in [0.5, 0.6) is 17.2 Å². The molecule has 1 radical (unpaired) electrons. The van der Waals surface area contributed by atoms with Crippen molar-refractivity contribution in [2.24, 2.45) is 0 Å². The molecule has 0 aliphatic rings. The van der Waals surface area contributed by atoms with E-state index in [1.807, 2.05) is 12.1 Å². The van der Waals surface area contributed by atoms with Crippen LogP contribution in [0.3, 0.4) is 0 Å². The Kier molecular flexibility index (Phi) is 13.8. The zero-order chi connectivity index (χ0) is 27.7. The number of ether oxygens (including phenoxy) is 3. The first-order chi connectivity index (χ1) is 19.1. The van der Waals surface area contributed by atoms with Gasteiger partial charge >= 0.3 is 0 Å². The third kappa shape index (κ3) is 10.6. The van der Waals surface area contributed by atoms with Crippen molar-refractivity contribution < 1.29 is 14.2 Å². The van der Waals surface area contributed by atoms with Crippen LogP contribution >= 0.6 is 0 Å². The molecule has 0 aliphatic carbocycles. The summed E-state index contributed by atoms with van der Waals surface area (Å²) in [4.78, 5) is 0. The highest BCUT2D eigenvalue weighted by Gasteiger charge is 2.13. The lowest BCUT2D eigenvalue weighted by molar-refractivity contribution is 0.231. The maximum atomic E-state index is 6.37. The Hall–Kier alpha value is -2.94. The summed E-state index contributed by atoms with van der Waals surface area (Å²) in [5, 5.41) is 0. The Morgan fingerprint density at radius 3 is 1.79 bits per heavy atom. The van der Waals surface area contributed by atoms with Gasteiger partial charge in [-0.1, -0.05) is 108 Å². The lowest BCUT2D eigenvalue weighted by atomic mass is 9.99. The molecule has 3 rings (SSSR count). The monoisotopic (exact) mass is 529 g/mol. The number of benzene rings is 3. The van der Waals surface area contributed by atoms with Crippen LogP contribution in [0, 0.1) is 6.92 Å². The van der Waals surface area contributed by atoms with E-state index in [0.29, 0.717) is 0 Å². The quantitative estimate of drug-likeness (QED) is 0.145. The number of hydrogen-bond acceptors (Lipinski definition) is 3. The zero-order valence-corrected chi connectivity index (χ0v) is 24.6. The van der Waals surface area contributed by atoms with Gasteiger partial charge in [-0.05, 0) is 67.1 Å². The number of rotatable bonds is 19. The van der Waals surface area contributed by atoms with Gasteiger partial charge in [0.25, 0.3) is 0 Å². The Morgan fingerprint density at radius 1 is 0.615 bits per heavy atom. The summed E-state index contributed by atoms with van der Waals surface area (Å²) in [6, 6.07) is 23.1. The minimum atomic E-state index is -0.0853. The highest BCUT2D eigenvalue weighted by atomic mass is 16.5. The predicted molar refractivity (Wildman–Crippen MR) is 166 cm³/mol. The first kappa shape index (κ1) is 30.6. The summed E-state index contributed by atoms with van der Waals surface area (Å²) in [5.41, 5.74) is 4.53. The maximum Gasteiger partial charge on any atom is 0.131 e. The molecule has 0 amide bonds. The fraction of sp³-hybridized carbons (Fsp3) is 0.472. The van der Waals surface area contributed by atoms with E-state index in [1.54, 1.807) is 7.11 Å². The van der Waals surface area contributed by atoms with Crippen molar-refractivity contribution in [2.75, 3.05) is 13.7 Å². The summed E-state index contributed by atoms with van der Waals surface area (Å²) in [7, 11) is 1.69. The number of hydrogen-bond donors (Lipinski definition) is 0. The number of unbranched alkanes of at least 4 members (excludes halogenated alkanes) is 9. The van der Waals surface area contributed by atoms with Crippen molar-refractivity contribution >= 4 is 0 Å². The molecule has 39 heavy (non-hydrogen) atoms. The topological polar surface area (TPSA) is 27.7 Å². The van der Waals surface area contributed by atoms with Gasteiger partial charge in [-0.3, -0.25) is 0 Å². The Labute approximate surface area is 237 Å². The lowest BCUT2D eigenvalue weighted by Crippen LogP contribution is -2.12. The highest BCUT2D eigenvalue weighted by Crippen LogP contribution is 2.36. The highest BCUT2D eigenvalue weighted by molar-refractivity contribution is 5.75. The lowest BCUT2D eigenvalue weighted by Gasteiger charge is -2.19. The summed E-state index contributed by atoms with van der Waals surface area (Å²) < 4.78 is 17.7. The molecule has 0 saturated heterocycles. The van der Waals surface area contributed by atoms with Gasteiger partial charge in [0, 0.05) is 11.6 Å². The fourth-order valence-corrected chi connectivity index (χ4v) is 4.84. The molecule has 1 unspecified atom stereocenters. The molecule has 0 saturated carbocycles. The van der Waals surface area contributed by atoms with E-state index in [-0.39, 0.29) is 6.10 Å². The molecule has 3 aromatic rings. The SMILES string of the molecule is [CH2]C(CCCCCCCCCC)Oc1cc(OC)ccc1-c1ccc(-c2ccc(OCCCCC)cc2)cc1. The van der Waals surface area contributed by atoms with Gasteiger partial charge in [0.15, 0.2) is 0 Å². The van der Waals surface area contributed by atoms with E-state index >= 15 is 0 Å². The largest absolute Gasteiger partial charge is 0.497 e. The predicted octanol–water partition coefficient (Wildman–Crippen LogP) is 10.7. The van der Waals surface area contributed by atoms with Crippen LogP contribution in [0.25, 0.3) is 22.3 Å². The van der Waals surface area contributed by atoms with Crippen LogP contribution in [0.15, 0.2) is 66.7 Å². The van der Waals surface area contributed by atoms with Crippen LogP contribution in [0.4, 0.5) is 0 Å². The van der Waals surface area contributed by atoms with E-state index < -0.39 is 0 Å². The minimum Gasteiger partial charge on any atom is -0.497 e. The van der Waals surface area contributed by atoms with E-state index in [4.69, 9.17) is 14.2 Å². The fourth-order valence-electron chi connectivity index (χ4n) is 4.84. The first-order valence-electron chi connectivity index (χ1n) is 15.2. The molecule has 3 nitrogen and oxygen atoms in total. The van der Waals surface area contributed by atoms with Gasteiger partial charge in [0.05, 0.1) is 19.8 Å².